The van der Waals surface area contributed by atoms with Crippen molar-refractivity contribution in [3.8, 4) is 11.5 Å². The number of carbonyl (C=O) groups excluding carboxylic acids is 2. The summed E-state index contributed by atoms with van der Waals surface area (Å²) in [6.07, 6.45) is 0.844. The maximum absolute atomic E-state index is 12.9. The molecule has 0 aromatic heterocycles. The maximum Gasteiger partial charge on any atom is 0.243 e. The third kappa shape index (κ3) is 7.49. The molecular formula is C26H35N3O4. The first-order valence-electron chi connectivity index (χ1n) is 11.6. The molecule has 7 nitrogen and oxygen atoms in total. The van der Waals surface area contributed by atoms with Gasteiger partial charge in [-0.05, 0) is 29.2 Å². The first-order valence-corrected chi connectivity index (χ1v) is 11.6. The molecule has 2 amide bonds. The summed E-state index contributed by atoms with van der Waals surface area (Å²) in [6.45, 7) is 8.55. The minimum Gasteiger partial charge on any atom is -0.490 e. The lowest BCUT2D eigenvalue weighted by molar-refractivity contribution is -0.131. The number of nitrogens with one attached hydrogen (secondary N) is 3. The second kappa shape index (κ2) is 12.3. The van der Waals surface area contributed by atoms with Crippen molar-refractivity contribution >= 4 is 11.8 Å². The zero-order valence-corrected chi connectivity index (χ0v) is 19.7. The van der Waals surface area contributed by atoms with E-state index in [9.17, 15) is 9.59 Å². The van der Waals surface area contributed by atoms with Crippen molar-refractivity contribution in [2.75, 3.05) is 19.8 Å². The van der Waals surface area contributed by atoms with Gasteiger partial charge in [-0.1, -0.05) is 57.2 Å². The predicted octanol–water partition coefficient (Wildman–Crippen LogP) is 3.03. The average molecular weight is 454 g/mol. The Morgan fingerprint density at radius 1 is 0.879 bits per heavy atom. The number of hydrogen-bond donors (Lipinski definition) is 3. The number of amides is 2. The Hall–Kier alpha value is -3.06. The lowest BCUT2D eigenvalue weighted by Gasteiger charge is -2.24. The summed E-state index contributed by atoms with van der Waals surface area (Å²) in [5.74, 6) is 0.788. The number of ether oxygens (including phenoxy) is 2. The van der Waals surface area contributed by atoms with Crippen molar-refractivity contribution < 1.29 is 19.1 Å². The monoisotopic (exact) mass is 453 g/mol. The Bertz CT molecular complexity index is 917. The van der Waals surface area contributed by atoms with E-state index in [-0.39, 0.29) is 23.7 Å². The Labute approximate surface area is 196 Å². The molecule has 33 heavy (non-hydrogen) atoms. The SMILES string of the molecule is CC(CNCc1ccccc1)C(=O)NC(C(=O)NCc1ccc2c(c1)OCCCO2)C(C)C. The number of fused-ring (bicyclic) bond motifs is 1. The van der Waals surface area contributed by atoms with Gasteiger partial charge in [-0.3, -0.25) is 9.59 Å². The molecule has 2 atom stereocenters. The third-order valence-corrected chi connectivity index (χ3v) is 5.60. The molecule has 1 aliphatic rings. The van der Waals surface area contributed by atoms with Crippen LogP contribution in [0.25, 0.3) is 0 Å². The van der Waals surface area contributed by atoms with Crippen LogP contribution < -0.4 is 25.4 Å². The van der Waals surface area contributed by atoms with Crippen molar-refractivity contribution in [2.45, 2.75) is 46.3 Å². The van der Waals surface area contributed by atoms with Crippen molar-refractivity contribution in [2.24, 2.45) is 11.8 Å². The van der Waals surface area contributed by atoms with E-state index in [1.54, 1.807) is 0 Å². The van der Waals surface area contributed by atoms with Crippen LogP contribution in [0.5, 0.6) is 11.5 Å². The molecule has 0 fully saturated rings. The van der Waals surface area contributed by atoms with Gasteiger partial charge in [-0.25, -0.2) is 0 Å². The quantitative estimate of drug-likeness (QED) is 0.515. The van der Waals surface area contributed by atoms with E-state index >= 15 is 0 Å². The van der Waals surface area contributed by atoms with E-state index in [0.29, 0.717) is 38.6 Å². The van der Waals surface area contributed by atoms with Crippen LogP contribution in [0.3, 0.4) is 0 Å². The highest BCUT2D eigenvalue weighted by Gasteiger charge is 2.26. The highest BCUT2D eigenvalue weighted by molar-refractivity contribution is 5.88. The molecular weight excluding hydrogens is 418 g/mol. The van der Waals surface area contributed by atoms with Crippen molar-refractivity contribution in [3.05, 3.63) is 59.7 Å². The van der Waals surface area contributed by atoms with Gasteiger partial charge < -0.3 is 25.4 Å². The molecule has 2 aromatic carbocycles. The fourth-order valence-corrected chi connectivity index (χ4v) is 3.57. The molecule has 0 saturated heterocycles. The van der Waals surface area contributed by atoms with Crippen molar-refractivity contribution in [3.63, 3.8) is 0 Å². The van der Waals surface area contributed by atoms with Gasteiger partial charge in [0.1, 0.15) is 6.04 Å². The molecule has 178 valence electrons. The van der Waals surface area contributed by atoms with E-state index in [0.717, 1.165) is 17.7 Å². The Morgan fingerprint density at radius 2 is 1.61 bits per heavy atom. The summed E-state index contributed by atoms with van der Waals surface area (Å²) < 4.78 is 11.4. The minimum atomic E-state index is -0.602. The normalized spacial score (nSPS) is 14.8. The summed E-state index contributed by atoms with van der Waals surface area (Å²) in [6, 6.07) is 15.1. The van der Waals surface area contributed by atoms with Crippen LogP contribution in [0.2, 0.25) is 0 Å². The van der Waals surface area contributed by atoms with E-state index in [4.69, 9.17) is 9.47 Å². The van der Waals surface area contributed by atoms with E-state index < -0.39 is 6.04 Å². The topological polar surface area (TPSA) is 88.7 Å². The van der Waals surface area contributed by atoms with Gasteiger partial charge in [-0.2, -0.15) is 0 Å². The molecule has 3 N–H and O–H groups in total. The van der Waals surface area contributed by atoms with Crippen LogP contribution in [-0.4, -0.2) is 37.6 Å². The molecule has 7 heteroatoms. The van der Waals surface area contributed by atoms with E-state index in [2.05, 4.69) is 16.0 Å². The lowest BCUT2D eigenvalue weighted by atomic mass is 10.0. The van der Waals surface area contributed by atoms with Crippen molar-refractivity contribution in [1.82, 2.24) is 16.0 Å². The fourth-order valence-electron chi connectivity index (χ4n) is 3.57. The molecule has 1 heterocycles. The Kier molecular flexibility index (Phi) is 9.13. The highest BCUT2D eigenvalue weighted by atomic mass is 16.5. The summed E-state index contributed by atoms with van der Waals surface area (Å²) in [5, 5.41) is 9.18. The largest absolute Gasteiger partial charge is 0.490 e. The first kappa shape index (κ1) is 24.6. The Balaban J connectivity index is 1.48. The summed E-state index contributed by atoms with van der Waals surface area (Å²) in [7, 11) is 0. The highest BCUT2D eigenvalue weighted by Crippen LogP contribution is 2.30. The van der Waals surface area contributed by atoms with Gasteiger partial charge in [-0.15, -0.1) is 0 Å². The van der Waals surface area contributed by atoms with Crippen molar-refractivity contribution in [1.29, 1.82) is 0 Å². The summed E-state index contributed by atoms with van der Waals surface area (Å²) in [5.41, 5.74) is 2.08. The van der Waals surface area contributed by atoms with Gasteiger partial charge in [0, 0.05) is 32.0 Å². The number of hydrogen-bond acceptors (Lipinski definition) is 5. The fraction of sp³-hybridized carbons (Fsp3) is 0.462. The first-order chi connectivity index (χ1) is 15.9. The van der Waals surface area contributed by atoms with Crippen LogP contribution in [0.1, 0.15) is 38.3 Å². The zero-order chi connectivity index (χ0) is 23.6. The van der Waals surface area contributed by atoms with Gasteiger partial charge in [0.25, 0.3) is 0 Å². The second-order valence-corrected chi connectivity index (χ2v) is 8.80. The molecule has 1 aliphatic heterocycles. The van der Waals surface area contributed by atoms with Crippen LogP contribution >= 0.6 is 0 Å². The summed E-state index contributed by atoms with van der Waals surface area (Å²) >= 11 is 0. The van der Waals surface area contributed by atoms with E-state index in [1.165, 1.54) is 5.56 Å². The van der Waals surface area contributed by atoms with Crippen LogP contribution in [0.4, 0.5) is 0 Å². The van der Waals surface area contributed by atoms with Crippen LogP contribution in [0, 0.1) is 11.8 Å². The van der Waals surface area contributed by atoms with Gasteiger partial charge in [0.15, 0.2) is 11.5 Å². The molecule has 0 spiro atoms. The number of rotatable bonds is 10. The molecule has 2 aromatic rings. The van der Waals surface area contributed by atoms with Gasteiger partial charge >= 0.3 is 0 Å². The molecule has 0 aliphatic carbocycles. The smallest absolute Gasteiger partial charge is 0.243 e. The van der Waals surface area contributed by atoms with Gasteiger partial charge in [0.05, 0.1) is 13.2 Å². The molecule has 0 saturated carbocycles. The number of carbonyl (C=O) groups is 2. The average Bonchev–Trinajstić information content (AvgIpc) is 3.06. The molecule has 0 radical (unpaired) electrons. The molecule has 2 unspecified atom stereocenters. The maximum atomic E-state index is 12.9. The lowest BCUT2D eigenvalue weighted by Crippen LogP contribution is -2.51. The summed E-state index contributed by atoms with van der Waals surface area (Å²) in [4.78, 5) is 25.6. The standard InChI is InChI=1S/C26H35N3O4/c1-18(2)24(29-25(30)19(3)15-27-16-20-8-5-4-6-9-20)26(31)28-17-21-10-11-22-23(14-21)33-13-7-12-32-22/h4-6,8-11,14,18-19,24,27H,7,12-13,15-17H2,1-3H3,(H,28,31)(H,29,30). The van der Waals surface area contributed by atoms with Crippen LogP contribution in [-0.2, 0) is 22.7 Å². The van der Waals surface area contributed by atoms with Crippen LogP contribution in [0.15, 0.2) is 48.5 Å². The zero-order valence-electron chi connectivity index (χ0n) is 19.7. The third-order valence-electron chi connectivity index (χ3n) is 5.60. The Morgan fingerprint density at radius 3 is 2.33 bits per heavy atom. The number of benzene rings is 2. The predicted molar refractivity (Wildman–Crippen MR) is 128 cm³/mol. The second-order valence-electron chi connectivity index (χ2n) is 8.80. The minimum absolute atomic E-state index is 0.0396. The van der Waals surface area contributed by atoms with Gasteiger partial charge in [0.2, 0.25) is 11.8 Å². The van der Waals surface area contributed by atoms with E-state index in [1.807, 2.05) is 69.3 Å². The molecule has 3 rings (SSSR count). The molecule has 0 bridgehead atoms.